The number of carbonyl (C=O) groups excluding carboxylic acids is 1. The van der Waals surface area contributed by atoms with Gasteiger partial charge in [-0.05, 0) is 31.8 Å². The summed E-state index contributed by atoms with van der Waals surface area (Å²) in [5, 5.41) is 0. The van der Waals surface area contributed by atoms with Crippen molar-refractivity contribution in [1.82, 2.24) is 0 Å². The van der Waals surface area contributed by atoms with Crippen LogP contribution in [0.5, 0.6) is 0 Å². The van der Waals surface area contributed by atoms with Crippen molar-refractivity contribution >= 4 is 5.78 Å². The molecule has 11 heavy (non-hydrogen) atoms. The molecular formula is C10H12O. The maximum absolute atomic E-state index is 11.6. The summed E-state index contributed by atoms with van der Waals surface area (Å²) in [6, 6.07) is 0. The summed E-state index contributed by atoms with van der Waals surface area (Å²) < 4.78 is 0. The fraction of sp³-hybridized carbons (Fsp3) is 0.500. The molecule has 0 N–H and O–H groups in total. The number of carbonyl (C=O) groups is 1. The summed E-state index contributed by atoms with van der Waals surface area (Å²) in [4.78, 5) is 11.6. The Morgan fingerprint density at radius 1 is 1.64 bits per heavy atom. The Hall–Kier alpha value is -0.850. The zero-order chi connectivity index (χ0) is 8.06. The van der Waals surface area contributed by atoms with Gasteiger partial charge < -0.3 is 0 Å². The van der Waals surface area contributed by atoms with Gasteiger partial charge in [0.15, 0.2) is 5.78 Å². The molecule has 2 aliphatic carbocycles. The largest absolute Gasteiger partial charge is 0.294 e. The molecule has 0 unspecified atom stereocenters. The van der Waals surface area contributed by atoms with Crippen LogP contribution in [-0.4, -0.2) is 5.78 Å². The van der Waals surface area contributed by atoms with Gasteiger partial charge in [-0.1, -0.05) is 12.7 Å². The van der Waals surface area contributed by atoms with E-state index in [1.54, 1.807) is 0 Å². The molecule has 0 saturated heterocycles. The lowest BCUT2D eigenvalue weighted by molar-refractivity contribution is -0.119. The standard InChI is InChI=1S/C10H12O/c1-7(2)8-3-4-10(5-6-10)9(8)11/h3H,1,4-6H2,2H3. The molecule has 0 aliphatic heterocycles. The van der Waals surface area contributed by atoms with Crippen molar-refractivity contribution < 1.29 is 4.79 Å². The minimum atomic E-state index is 0.0638. The zero-order valence-corrected chi connectivity index (χ0v) is 6.81. The van der Waals surface area contributed by atoms with E-state index in [0.717, 1.165) is 30.4 Å². The average molecular weight is 148 g/mol. The van der Waals surface area contributed by atoms with Gasteiger partial charge in [-0.2, -0.15) is 0 Å². The topological polar surface area (TPSA) is 17.1 Å². The first kappa shape index (κ1) is 6.84. The molecule has 1 saturated carbocycles. The predicted molar refractivity (Wildman–Crippen MR) is 44.2 cm³/mol. The molecule has 0 amide bonds. The van der Waals surface area contributed by atoms with Crippen LogP contribution in [-0.2, 0) is 4.79 Å². The first-order chi connectivity index (χ1) is 5.16. The normalized spacial score (nSPS) is 25.5. The van der Waals surface area contributed by atoms with Gasteiger partial charge in [0, 0.05) is 11.0 Å². The van der Waals surface area contributed by atoms with Crippen LogP contribution >= 0.6 is 0 Å². The van der Waals surface area contributed by atoms with Crippen LogP contribution in [0.4, 0.5) is 0 Å². The molecule has 0 atom stereocenters. The van der Waals surface area contributed by atoms with Gasteiger partial charge >= 0.3 is 0 Å². The van der Waals surface area contributed by atoms with Crippen LogP contribution in [0.15, 0.2) is 23.8 Å². The summed E-state index contributed by atoms with van der Waals surface area (Å²) in [6.45, 7) is 5.70. The summed E-state index contributed by atoms with van der Waals surface area (Å²) in [5.41, 5.74) is 1.88. The summed E-state index contributed by atoms with van der Waals surface area (Å²) in [6.07, 6.45) is 5.21. The minimum absolute atomic E-state index is 0.0638. The number of allylic oxidation sites excluding steroid dienone is 3. The van der Waals surface area contributed by atoms with Crippen LogP contribution in [0.25, 0.3) is 0 Å². The third-order valence-corrected chi connectivity index (χ3v) is 2.74. The highest BCUT2D eigenvalue weighted by Gasteiger charge is 2.52. The Kier molecular flexibility index (Phi) is 1.15. The van der Waals surface area contributed by atoms with Gasteiger partial charge in [0.2, 0.25) is 0 Å². The molecule has 0 radical (unpaired) electrons. The summed E-state index contributed by atoms with van der Waals surface area (Å²) in [7, 11) is 0. The van der Waals surface area contributed by atoms with Gasteiger partial charge in [-0.15, -0.1) is 0 Å². The zero-order valence-electron chi connectivity index (χ0n) is 6.81. The minimum Gasteiger partial charge on any atom is -0.294 e. The van der Waals surface area contributed by atoms with Gasteiger partial charge in [0.05, 0.1) is 0 Å². The summed E-state index contributed by atoms with van der Waals surface area (Å²) >= 11 is 0. The quantitative estimate of drug-likeness (QED) is 0.557. The molecule has 0 aromatic carbocycles. The summed E-state index contributed by atoms with van der Waals surface area (Å²) in [5.74, 6) is 0.352. The molecular weight excluding hydrogens is 136 g/mol. The molecule has 1 heteroatoms. The van der Waals surface area contributed by atoms with Gasteiger partial charge in [0.25, 0.3) is 0 Å². The molecule has 2 aliphatic rings. The van der Waals surface area contributed by atoms with Crippen LogP contribution < -0.4 is 0 Å². The Bertz CT molecular complexity index is 267. The van der Waals surface area contributed by atoms with Crippen molar-refractivity contribution in [3.63, 3.8) is 0 Å². The second-order valence-corrected chi connectivity index (χ2v) is 3.71. The predicted octanol–water partition coefficient (Wildman–Crippen LogP) is 2.24. The highest BCUT2D eigenvalue weighted by atomic mass is 16.1. The molecule has 0 bridgehead atoms. The van der Waals surface area contributed by atoms with E-state index in [0.29, 0.717) is 5.78 Å². The van der Waals surface area contributed by atoms with E-state index in [1.165, 1.54) is 0 Å². The van der Waals surface area contributed by atoms with Crippen LogP contribution in [0.2, 0.25) is 0 Å². The SMILES string of the molecule is C=C(C)C1=CCC2(CC2)C1=O. The van der Waals surface area contributed by atoms with Crippen molar-refractivity contribution in [3.8, 4) is 0 Å². The first-order valence-corrected chi connectivity index (χ1v) is 4.07. The van der Waals surface area contributed by atoms with E-state index in [2.05, 4.69) is 12.7 Å². The Morgan fingerprint density at radius 2 is 2.27 bits per heavy atom. The number of hydrogen-bond donors (Lipinski definition) is 0. The van der Waals surface area contributed by atoms with E-state index in [1.807, 2.05) is 6.92 Å². The van der Waals surface area contributed by atoms with E-state index in [4.69, 9.17) is 0 Å². The molecule has 2 rings (SSSR count). The lowest BCUT2D eigenvalue weighted by Gasteiger charge is -2.03. The number of hydrogen-bond acceptors (Lipinski definition) is 1. The first-order valence-electron chi connectivity index (χ1n) is 4.07. The van der Waals surface area contributed by atoms with Crippen molar-refractivity contribution in [3.05, 3.63) is 23.8 Å². The monoisotopic (exact) mass is 148 g/mol. The van der Waals surface area contributed by atoms with E-state index in [-0.39, 0.29) is 5.41 Å². The fourth-order valence-electron chi connectivity index (χ4n) is 1.72. The highest BCUT2D eigenvalue weighted by Crippen LogP contribution is 2.55. The van der Waals surface area contributed by atoms with Crippen LogP contribution in [0.1, 0.15) is 26.2 Å². The molecule has 58 valence electrons. The van der Waals surface area contributed by atoms with Crippen LogP contribution in [0, 0.1) is 5.41 Å². The molecule has 0 aromatic heterocycles. The number of rotatable bonds is 1. The van der Waals surface area contributed by atoms with Gasteiger partial charge in [-0.3, -0.25) is 4.79 Å². The number of Topliss-reactive ketones (excluding diaryl/α,β-unsaturated/α-hetero) is 1. The fourth-order valence-corrected chi connectivity index (χ4v) is 1.72. The Morgan fingerprint density at radius 3 is 2.55 bits per heavy atom. The Labute approximate surface area is 66.8 Å². The van der Waals surface area contributed by atoms with Gasteiger partial charge in [-0.25, -0.2) is 0 Å². The Balaban J connectivity index is 2.27. The molecule has 1 spiro atoms. The van der Waals surface area contributed by atoms with Crippen molar-refractivity contribution in [1.29, 1.82) is 0 Å². The maximum Gasteiger partial charge on any atom is 0.169 e. The van der Waals surface area contributed by atoms with E-state index < -0.39 is 0 Å². The highest BCUT2D eigenvalue weighted by molar-refractivity contribution is 6.07. The van der Waals surface area contributed by atoms with E-state index in [9.17, 15) is 4.79 Å². The lowest BCUT2D eigenvalue weighted by Crippen LogP contribution is -2.10. The lowest BCUT2D eigenvalue weighted by atomic mass is 9.98. The van der Waals surface area contributed by atoms with E-state index >= 15 is 0 Å². The molecule has 1 fully saturated rings. The third-order valence-electron chi connectivity index (χ3n) is 2.74. The smallest absolute Gasteiger partial charge is 0.169 e. The second-order valence-electron chi connectivity index (χ2n) is 3.71. The van der Waals surface area contributed by atoms with Crippen molar-refractivity contribution in [2.75, 3.05) is 0 Å². The van der Waals surface area contributed by atoms with Crippen molar-refractivity contribution in [2.24, 2.45) is 5.41 Å². The third kappa shape index (κ3) is 0.802. The van der Waals surface area contributed by atoms with Crippen LogP contribution in [0.3, 0.4) is 0 Å². The number of ketones is 1. The maximum atomic E-state index is 11.6. The molecule has 0 aromatic rings. The molecule has 1 nitrogen and oxygen atoms in total. The second kappa shape index (κ2) is 1.84. The van der Waals surface area contributed by atoms with Gasteiger partial charge in [0.1, 0.15) is 0 Å². The molecule has 0 heterocycles. The van der Waals surface area contributed by atoms with Crippen molar-refractivity contribution in [2.45, 2.75) is 26.2 Å². The average Bonchev–Trinajstić information content (AvgIpc) is 2.61.